The Hall–Kier alpha value is -0.650. The Morgan fingerprint density at radius 1 is 1.33 bits per heavy atom. The first-order valence-electron chi connectivity index (χ1n) is 6.87. The highest BCUT2D eigenvalue weighted by Crippen LogP contribution is 2.08. The summed E-state index contributed by atoms with van der Waals surface area (Å²) in [5.41, 5.74) is 0. The molecule has 1 unspecified atom stereocenters. The average molecular weight is 258 g/mol. The largest absolute Gasteiger partial charge is 0.464 e. The summed E-state index contributed by atoms with van der Waals surface area (Å²) in [6.07, 6.45) is 0. The number of likely N-dealkylation sites (N-methyl/N-ethyl adjacent to an activating group) is 1. The molecular weight excluding hydrogens is 232 g/mol. The molecule has 1 atom stereocenters. The van der Waals surface area contributed by atoms with Crippen LogP contribution in [0.2, 0.25) is 0 Å². The molecule has 106 valence electrons. The van der Waals surface area contributed by atoms with Crippen LogP contribution in [0.3, 0.4) is 0 Å². The van der Waals surface area contributed by atoms with Gasteiger partial charge in [0.05, 0.1) is 13.2 Å². The van der Waals surface area contributed by atoms with Crippen LogP contribution < -0.4 is 0 Å². The van der Waals surface area contributed by atoms with E-state index in [1.807, 2.05) is 0 Å². The van der Waals surface area contributed by atoms with Crippen molar-refractivity contribution in [3.8, 4) is 0 Å². The van der Waals surface area contributed by atoms with Crippen molar-refractivity contribution < 1.29 is 14.3 Å². The van der Waals surface area contributed by atoms with Gasteiger partial charge in [0, 0.05) is 32.2 Å². The zero-order valence-corrected chi connectivity index (χ0v) is 11.9. The number of hydrogen-bond donors (Lipinski definition) is 0. The fraction of sp³-hybridized carbons (Fsp3) is 0.923. The summed E-state index contributed by atoms with van der Waals surface area (Å²) < 4.78 is 10.1. The minimum Gasteiger partial charge on any atom is -0.464 e. The van der Waals surface area contributed by atoms with E-state index in [0.717, 1.165) is 32.7 Å². The first-order valence-corrected chi connectivity index (χ1v) is 6.87. The van der Waals surface area contributed by atoms with Gasteiger partial charge >= 0.3 is 5.97 Å². The zero-order chi connectivity index (χ0) is 13.4. The van der Waals surface area contributed by atoms with Crippen molar-refractivity contribution in [2.75, 3.05) is 52.5 Å². The van der Waals surface area contributed by atoms with Crippen LogP contribution in [0.1, 0.15) is 20.8 Å². The van der Waals surface area contributed by atoms with Gasteiger partial charge in [0.15, 0.2) is 0 Å². The first-order chi connectivity index (χ1) is 8.67. The van der Waals surface area contributed by atoms with Crippen molar-refractivity contribution in [1.82, 2.24) is 9.80 Å². The second kappa shape index (κ2) is 8.45. The van der Waals surface area contributed by atoms with Crippen LogP contribution in [0.5, 0.6) is 0 Å². The molecule has 0 aromatic carbocycles. The highest BCUT2D eigenvalue weighted by molar-refractivity contribution is 5.70. The van der Waals surface area contributed by atoms with Gasteiger partial charge in [-0.1, -0.05) is 6.92 Å². The predicted molar refractivity (Wildman–Crippen MR) is 70.6 cm³/mol. The van der Waals surface area contributed by atoms with Crippen molar-refractivity contribution >= 4 is 5.97 Å². The number of ether oxygens (including phenoxy) is 2. The lowest BCUT2D eigenvalue weighted by atomic mass is 10.2. The quantitative estimate of drug-likeness (QED) is 0.494. The number of hydrogen-bond acceptors (Lipinski definition) is 5. The lowest BCUT2D eigenvalue weighted by molar-refractivity contribution is -0.148. The molecule has 0 amide bonds. The van der Waals surface area contributed by atoms with E-state index >= 15 is 0 Å². The van der Waals surface area contributed by atoms with Crippen LogP contribution >= 0.6 is 0 Å². The number of nitrogens with zero attached hydrogens (tertiary/aromatic N) is 2. The number of piperazine rings is 1. The maximum absolute atomic E-state index is 11.1. The predicted octanol–water partition coefficient (Wildman–Crippen LogP) is 0.592. The van der Waals surface area contributed by atoms with E-state index in [9.17, 15) is 4.79 Å². The standard InChI is InChI=1S/C13H26N2O3/c1-4-15-7-6-14(10-12(15)3)8-9-17-11-13(16)18-5-2/h12H,4-11H2,1-3H3. The van der Waals surface area contributed by atoms with Crippen LogP contribution in [0, 0.1) is 0 Å². The molecule has 5 nitrogen and oxygen atoms in total. The van der Waals surface area contributed by atoms with E-state index in [4.69, 9.17) is 9.47 Å². The first kappa shape index (κ1) is 15.4. The van der Waals surface area contributed by atoms with Crippen LogP contribution in [0.15, 0.2) is 0 Å². The minimum absolute atomic E-state index is 0.0678. The zero-order valence-electron chi connectivity index (χ0n) is 11.9. The fourth-order valence-electron chi connectivity index (χ4n) is 2.30. The Bertz CT molecular complexity index is 248. The molecule has 18 heavy (non-hydrogen) atoms. The molecule has 0 aliphatic carbocycles. The third-order valence-electron chi connectivity index (χ3n) is 3.33. The molecule has 0 saturated carbocycles. The molecule has 0 radical (unpaired) electrons. The molecule has 0 aromatic heterocycles. The van der Waals surface area contributed by atoms with Gasteiger partial charge in [0.25, 0.3) is 0 Å². The Labute approximate surface area is 110 Å². The number of carbonyl (C=O) groups is 1. The third-order valence-corrected chi connectivity index (χ3v) is 3.33. The van der Waals surface area contributed by atoms with Gasteiger partial charge in [0.2, 0.25) is 0 Å². The Balaban J connectivity index is 2.08. The van der Waals surface area contributed by atoms with E-state index in [-0.39, 0.29) is 12.6 Å². The van der Waals surface area contributed by atoms with Gasteiger partial charge in [-0.25, -0.2) is 4.79 Å². The molecule has 1 aliphatic rings. The summed E-state index contributed by atoms with van der Waals surface area (Å²) in [5.74, 6) is -0.276. The monoisotopic (exact) mass is 258 g/mol. The van der Waals surface area contributed by atoms with Gasteiger partial charge in [-0.2, -0.15) is 0 Å². The number of carbonyl (C=O) groups excluding carboxylic acids is 1. The SMILES string of the molecule is CCOC(=O)COCCN1CCN(CC)C(C)C1. The van der Waals surface area contributed by atoms with E-state index in [2.05, 4.69) is 23.6 Å². The van der Waals surface area contributed by atoms with Crippen LogP contribution in [0.4, 0.5) is 0 Å². The Morgan fingerprint density at radius 3 is 2.72 bits per heavy atom. The summed E-state index contributed by atoms with van der Waals surface area (Å²) in [5, 5.41) is 0. The Kier molecular flexibility index (Phi) is 7.23. The second-order valence-corrected chi connectivity index (χ2v) is 4.64. The molecule has 5 heteroatoms. The number of esters is 1. The van der Waals surface area contributed by atoms with Gasteiger partial charge < -0.3 is 9.47 Å². The smallest absolute Gasteiger partial charge is 0.332 e. The van der Waals surface area contributed by atoms with Crippen LogP contribution in [0.25, 0.3) is 0 Å². The molecule has 0 bridgehead atoms. The van der Waals surface area contributed by atoms with Gasteiger partial charge in [-0.15, -0.1) is 0 Å². The molecule has 0 aromatic rings. The number of rotatable bonds is 7. The fourth-order valence-corrected chi connectivity index (χ4v) is 2.30. The molecule has 1 saturated heterocycles. The Morgan fingerprint density at radius 2 is 2.11 bits per heavy atom. The normalized spacial score (nSPS) is 22.1. The van der Waals surface area contributed by atoms with Crippen molar-refractivity contribution in [2.45, 2.75) is 26.8 Å². The lowest BCUT2D eigenvalue weighted by Crippen LogP contribution is -2.52. The van der Waals surface area contributed by atoms with Gasteiger partial charge in [-0.3, -0.25) is 9.80 Å². The summed E-state index contributed by atoms with van der Waals surface area (Å²) >= 11 is 0. The van der Waals surface area contributed by atoms with E-state index < -0.39 is 0 Å². The van der Waals surface area contributed by atoms with Crippen molar-refractivity contribution in [1.29, 1.82) is 0 Å². The third kappa shape index (κ3) is 5.33. The van der Waals surface area contributed by atoms with Crippen molar-refractivity contribution in [2.24, 2.45) is 0 Å². The molecule has 1 fully saturated rings. The minimum atomic E-state index is -0.276. The molecule has 1 aliphatic heterocycles. The van der Waals surface area contributed by atoms with Crippen LogP contribution in [-0.2, 0) is 14.3 Å². The second-order valence-electron chi connectivity index (χ2n) is 4.64. The van der Waals surface area contributed by atoms with E-state index in [1.165, 1.54) is 0 Å². The lowest BCUT2D eigenvalue weighted by Gasteiger charge is -2.39. The van der Waals surface area contributed by atoms with Gasteiger partial charge in [0.1, 0.15) is 6.61 Å². The molecule has 0 N–H and O–H groups in total. The summed E-state index contributed by atoms with van der Waals surface area (Å²) in [6.45, 7) is 12.6. The topological polar surface area (TPSA) is 42.0 Å². The van der Waals surface area contributed by atoms with E-state index in [1.54, 1.807) is 6.92 Å². The van der Waals surface area contributed by atoms with Crippen molar-refractivity contribution in [3.63, 3.8) is 0 Å². The molecular formula is C13H26N2O3. The average Bonchev–Trinajstić information content (AvgIpc) is 2.35. The highest BCUT2D eigenvalue weighted by atomic mass is 16.6. The summed E-state index contributed by atoms with van der Waals surface area (Å²) in [6, 6.07) is 0.605. The van der Waals surface area contributed by atoms with Gasteiger partial charge in [-0.05, 0) is 20.4 Å². The molecule has 1 rings (SSSR count). The van der Waals surface area contributed by atoms with E-state index in [0.29, 0.717) is 19.3 Å². The maximum atomic E-state index is 11.1. The summed E-state index contributed by atoms with van der Waals surface area (Å²) in [4.78, 5) is 15.9. The van der Waals surface area contributed by atoms with Crippen molar-refractivity contribution in [3.05, 3.63) is 0 Å². The maximum Gasteiger partial charge on any atom is 0.332 e. The highest BCUT2D eigenvalue weighted by Gasteiger charge is 2.21. The molecule has 0 spiro atoms. The molecule has 1 heterocycles. The van der Waals surface area contributed by atoms with Crippen LogP contribution in [-0.4, -0.2) is 74.4 Å². The summed E-state index contributed by atoms with van der Waals surface area (Å²) in [7, 11) is 0.